The van der Waals surface area contributed by atoms with Crippen LogP contribution < -0.4 is 10.6 Å². The third kappa shape index (κ3) is 5.65. The van der Waals surface area contributed by atoms with E-state index in [1.54, 1.807) is 0 Å². The zero-order valence-electron chi connectivity index (χ0n) is 13.6. The predicted molar refractivity (Wildman–Crippen MR) is 86.0 cm³/mol. The van der Waals surface area contributed by atoms with Crippen molar-refractivity contribution < 1.29 is 9.26 Å². The van der Waals surface area contributed by atoms with Crippen LogP contribution in [0.15, 0.2) is 15.6 Å². The van der Waals surface area contributed by atoms with Gasteiger partial charge in [-0.25, -0.2) is 4.99 Å². The van der Waals surface area contributed by atoms with Crippen LogP contribution in [0.5, 0.6) is 0 Å². The van der Waals surface area contributed by atoms with Crippen LogP contribution in [0.4, 0.5) is 0 Å². The molecular formula is C15H27N5O2. The average molecular weight is 309 g/mol. The molecule has 0 spiro atoms. The lowest BCUT2D eigenvalue weighted by Gasteiger charge is -2.26. The van der Waals surface area contributed by atoms with E-state index in [2.05, 4.69) is 39.5 Å². The normalized spacial score (nSPS) is 16.7. The van der Waals surface area contributed by atoms with Gasteiger partial charge in [-0.15, -0.1) is 0 Å². The van der Waals surface area contributed by atoms with E-state index >= 15 is 0 Å². The monoisotopic (exact) mass is 309 g/mol. The van der Waals surface area contributed by atoms with Crippen LogP contribution in [0.3, 0.4) is 0 Å². The smallest absolute Gasteiger partial charge is 0.191 e. The molecule has 0 saturated carbocycles. The van der Waals surface area contributed by atoms with E-state index in [9.17, 15) is 0 Å². The summed E-state index contributed by atoms with van der Waals surface area (Å²) < 4.78 is 10.6. The molecule has 7 heteroatoms. The first-order chi connectivity index (χ1) is 10.8. The summed E-state index contributed by atoms with van der Waals surface area (Å²) in [5, 5.41) is 10.6. The molecule has 2 N–H and O–H groups in total. The number of aromatic nitrogens is 1. The lowest BCUT2D eigenvalue weighted by Crippen LogP contribution is -2.44. The summed E-state index contributed by atoms with van der Waals surface area (Å²) in [4.78, 5) is 6.92. The lowest BCUT2D eigenvalue weighted by molar-refractivity contribution is 0.0389. The average Bonchev–Trinajstić information content (AvgIpc) is 3.02. The van der Waals surface area contributed by atoms with Gasteiger partial charge in [-0.1, -0.05) is 12.1 Å². The van der Waals surface area contributed by atoms with E-state index in [4.69, 9.17) is 9.26 Å². The van der Waals surface area contributed by atoms with Crippen molar-refractivity contribution in [1.82, 2.24) is 20.7 Å². The van der Waals surface area contributed by atoms with Crippen LogP contribution in [0.2, 0.25) is 0 Å². The van der Waals surface area contributed by atoms with Gasteiger partial charge in [-0.05, 0) is 13.3 Å². The maximum Gasteiger partial charge on any atom is 0.191 e. The number of hydrogen-bond acceptors (Lipinski definition) is 5. The first-order valence-electron chi connectivity index (χ1n) is 8.08. The summed E-state index contributed by atoms with van der Waals surface area (Å²) in [5.41, 5.74) is 0.968. The van der Waals surface area contributed by atoms with Gasteiger partial charge in [0, 0.05) is 38.8 Å². The summed E-state index contributed by atoms with van der Waals surface area (Å²) in [6.45, 7) is 11.0. The van der Waals surface area contributed by atoms with E-state index < -0.39 is 0 Å². The maximum absolute atomic E-state index is 5.35. The Kier molecular flexibility index (Phi) is 7.18. The number of ether oxygens (including phenoxy) is 1. The molecule has 1 fully saturated rings. The quantitative estimate of drug-likeness (QED) is 0.568. The molecule has 22 heavy (non-hydrogen) atoms. The van der Waals surface area contributed by atoms with Gasteiger partial charge in [0.2, 0.25) is 0 Å². The number of aryl methyl sites for hydroxylation is 1. The first kappa shape index (κ1) is 16.8. The Balaban J connectivity index is 1.76. The fraction of sp³-hybridized carbons (Fsp3) is 0.733. The fourth-order valence-electron chi connectivity index (χ4n) is 2.25. The van der Waals surface area contributed by atoms with Crippen LogP contribution in [0.25, 0.3) is 0 Å². The largest absolute Gasteiger partial charge is 0.379 e. The number of morpholine rings is 1. The molecule has 0 bridgehead atoms. The molecule has 124 valence electrons. The SMILES string of the molecule is CCNC(=NCc1cc(CC)no1)NCCN1CCOCC1. The van der Waals surface area contributed by atoms with E-state index in [0.29, 0.717) is 6.54 Å². The van der Waals surface area contributed by atoms with Crippen LogP contribution in [0, 0.1) is 0 Å². The Morgan fingerprint density at radius 2 is 2.14 bits per heavy atom. The van der Waals surface area contributed by atoms with Crippen molar-refractivity contribution in [2.24, 2.45) is 4.99 Å². The van der Waals surface area contributed by atoms with Crippen LogP contribution >= 0.6 is 0 Å². The van der Waals surface area contributed by atoms with Crippen molar-refractivity contribution in [2.45, 2.75) is 26.8 Å². The third-order valence-corrected chi connectivity index (χ3v) is 3.53. The van der Waals surface area contributed by atoms with Gasteiger partial charge in [-0.3, -0.25) is 4.90 Å². The fourth-order valence-corrected chi connectivity index (χ4v) is 2.25. The van der Waals surface area contributed by atoms with Crippen LogP contribution in [0.1, 0.15) is 25.3 Å². The van der Waals surface area contributed by atoms with Gasteiger partial charge in [0.1, 0.15) is 6.54 Å². The number of nitrogens with zero attached hydrogens (tertiary/aromatic N) is 3. The van der Waals surface area contributed by atoms with Gasteiger partial charge in [0.15, 0.2) is 11.7 Å². The topological polar surface area (TPSA) is 74.9 Å². The Morgan fingerprint density at radius 1 is 1.32 bits per heavy atom. The summed E-state index contributed by atoms with van der Waals surface area (Å²) in [7, 11) is 0. The molecule has 1 aliphatic heterocycles. The first-order valence-corrected chi connectivity index (χ1v) is 8.08. The molecule has 0 aromatic carbocycles. The minimum atomic E-state index is 0.500. The highest BCUT2D eigenvalue weighted by Gasteiger charge is 2.09. The molecule has 7 nitrogen and oxygen atoms in total. The van der Waals surface area contributed by atoms with Crippen molar-refractivity contribution in [3.8, 4) is 0 Å². The van der Waals surface area contributed by atoms with Crippen molar-refractivity contribution >= 4 is 5.96 Å². The number of aliphatic imine (C=N–C) groups is 1. The highest BCUT2D eigenvalue weighted by molar-refractivity contribution is 5.79. The van der Waals surface area contributed by atoms with Gasteiger partial charge in [-0.2, -0.15) is 0 Å². The van der Waals surface area contributed by atoms with Crippen molar-refractivity contribution in [3.63, 3.8) is 0 Å². The zero-order chi connectivity index (χ0) is 15.6. The lowest BCUT2D eigenvalue weighted by atomic mass is 10.3. The van der Waals surface area contributed by atoms with E-state index in [0.717, 1.165) is 69.8 Å². The molecule has 1 saturated heterocycles. The molecule has 0 radical (unpaired) electrons. The molecule has 0 amide bonds. The molecule has 2 heterocycles. The number of nitrogens with one attached hydrogen (secondary N) is 2. The van der Waals surface area contributed by atoms with Crippen molar-refractivity contribution in [2.75, 3.05) is 45.9 Å². The summed E-state index contributed by atoms with van der Waals surface area (Å²) in [5.74, 6) is 1.60. The molecule has 0 unspecified atom stereocenters. The standard InChI is InChI=1S/C15H27N5O2/c1-3-13-11-14(22-19-13)12-18-15(16-4-2)17-5-6-20-7-9-21-10-8-20/h11H,3-10,12H2,1-2H3,(H2,16,17,18). The molecule has 0 atom stereocenters. The van der Waals surface area contributed by atoms with Crippen molar-refractivity contribution in [3.05, 3.63) is 17.5 Å². The molecule has 1 aromatic heterocycles. The van der Waals surface area contributed by atoms with Crippen LogP contribution in [-0.4, -0.2) is 62.0 Å². The van der Waals surface area contributed by atoms with Gasteiger partial charge in [0.05, 0.1) is 18.9 Å². The van der Waals surface area contributed by atoms with Gasteiger partial charge >= 0.3 is 0 Å². The minimum absolute atomic E-state index is 0.500. The van der Waals surface area contributed by atoms with E-state index in [1.807, 2.05) is 6.07 Å². The second-order valence-corrected chi connectivity index (χ2v) is 5.21. The number of hydrogen-bond donors (Lipinski definition) is 2. The molecule has 0 aliphatic carbocycles. The van der Waals surface area contributed by atoms with Crippen molar-refractivity contribution in [1.29, 1.82) is 0 Å². The second kappa shape index (κ2) is 9.42. The Labute approximate surface area is 132 Å². The summed E-state index contributed by atoms with van der Waals surface area (Å²) in [6, 6.07) is 1.96. The zero-order valence-corrected chi connectivity index (χ0v) is 13.6. The molecular weight excluding hydrogens is 282 g/mol. The number of rotatable bonds is 7. The van der Waals surface area contributed by atoms with Gasteiger partial charge < -0.3 is 19.9 Å². The molecule has 1 aliphatic rings. The highest BCUT2D eigenvalue weighted by atomic mass is 16.5. The maximum atomic E-state index is 5.35. The third-order valence-electron chi connectivity index (χ3n) is 3.53. The number of guanidine groups is 1. The summed E-state index contributed by atoms with van der Waals surface area (Å²) >= 11 is 0. The van der Waals surface area contributed by atoms with Crippen LogP contribution in [-0.2, 0) is 17.7 Å². The van der Waals surface area contributed by atoms with Gasteiger partial charge in [0.25, 0.3) is 0 Å². The predicted octanol–water partition coefficient (Wildman–Crippen LogP) is 0.624. The summed E-state index contributed by atoms with van der Waals surface area (Å²) in [6.07, 6.45) is 0.880. The highest BCUT2D eigenvalue weighted by Crippen LogP contribution is 2.05. The van der Waals surface area contributed by atoms with E-state index in [-0.39, 0.29) is 0 Å². The van der Waals surface area contributed by atoms with E-state index in [1.165, 1.54) is 0 Å². The second-order valence-electron chi connectivity index (χ2n) is 5.21. The Hall–Kier alpha value is -1.60. The minimum Gasteiger partial charge on any atom is -0.379 e. The molecule has 2 rings (SSSR count). The molecule has 1 aromatic rings. The Bertz CT molecular complexity index is 455. The Morgan fingerprint density at radius 3 is 2.82 bits per heavy atom.